The van der Waals surface area contributed by atoms with Crippen molar-refractivity contribution in [2.24, 2.45) is 0 Å². The molecule has 1 saturated heterocycles. The van der Waals surface area contributed by atoms with E-state index in [9.17, 15) is 0 Å². The highest BCUT2D eigenvalue weighted by Crippen LogP contribution is 2.15. The predicted octanol–water partition coefficient (Wildman–Crippen LogP) is 1.63. The lowest BCUT2D eigenvalue weighted by Gasteiger charge is -2.33. The van der Waals surface area contributed by atoms with Crippen molar-refractivity contribution in [1.29, 1.82) is 0 Å². The first kappa shape index (κ1) is 13.0. The fraction of sp³-hybridized carbons (Fsp3) is 0.400. The van der Waals surface area contributed by atoms with Crippen LogP contribution in [-0.4, -0.2) is 34.1 Å². The predicted molar refractivity (Wildman–Crippen MR) is 78.3 cm³/mol. The second-order valence-electron chi connectivity index (χ2n) is 5.07. The van der Waals surface area contributed by atoms with Crippen molar-refractivity contribution < 1.29 is 0 Å². The maximum atomic E-state index is 4.33. The van der Waals surface area contributed by atoms with Gasteiger partial charge in [0.2, 0.25) is 5.95 Å². The van der Waals surface area contributed by atoms with Gasteiger partial charge in [-0.05, 0) is 36.6 Å². The van der Waals surface area contributed by atoms with Gasteiger partial charge >= 0.3 is 0 Å². The first-order valence-corrected chi connectivity index (χ1v) is 7.06. The molecule has 5 nitrogen and oxygen atoms in total. The summed E-state index contributed by atoms with van der Waals surface area (Å²) < 4.78 is 0. The lowest BCUT2D eigenvalue weighted by atomic mass is 10.1. The zero-order valence-electron chi connectivity index (χ0n) is 11.4. The van der Waals surface area contributed by atoms with Crippen molar-refractivity contribution in [2.45, 2.75) is 25.4 Å². The molecule has 1 unspecified atom stereocenters. The first-order valence-electron chi connectivity index (χ1n) is 7.06. The number of nitrogens with zero attached hydrogens (tertiary/aromatic N) is 4. The van der Waals surface area contributed by atoms with Gasteiger partial charge in [-0.15, -0.1) is 0 Å². The maximum absolute atomic E-state index is 4.33. The second kappa shape index (κ2) is 6.43. The Morgan fingerprint density at radius 1 is 1.15 bits per heavy atom. The molecule has 1 atom stereocenters. The third kappa shape index (κ3) is 3.30. The fourth-order valence-electron chi connectivity index (χ4n) is 2.54. The summed E-state index contributed by atoms with van der Waals surface area (Å²) in [5.74, 6) is 0.836. The molecule has 0 radical (unpaired) electrons. The molecular weight excluding hydrogens is 250 g/mol. The second-order valence-corrected chi connectivity index (χ2v) is 5.07. The van der Waals surface area contributed by atoms with Gasteiger partial charge in [0, 0.05) is 50.5 Å². The van der Waals surface area contributed by atoms with E-state index in [1.54, 1.807) is 12.4 Å². The van der Waals surface area contributed by atoms with Crippen LogP contribution in [0.4, 0.5) is 5.95 Å². The molecule has 0 aliphatic carbocycles. The SMILES string of the molecule is c1cnc(N2CCCC(NCc3ccncc3)C2)nc1. The van der Waals surface area contributed by atoms with Crippen LogP contribution in [0.3, 0.4) is 0 Å². The molecule has 2 aromatic rings. The van der Waals surface area contributed by atoms with E-state index >= 15 is 0 Å². The summed E-state index contributed by atoms with van der Waals surface area (Å²) >= 11 is 0. The minimum atomic E-state index is 0.487. The van der Waals surface area contributed by atoms with Gasteiger partial charge in [-0.25, -0.2) is 9.97 Å². The molecule has 0 spiro atoms. The van der Waals surface area contributed by atoms with Crippen LogP contribution in [0.15, 0.2) is 43.0 Å². The molecule has 20 heavy (non-hydrogen) atoms. The van der Waals surface area contributed by atoms with Gasteiger partial charge in [-0.3, -0.25) is 4.98 Å². The minimum absolute atomic E-state index is 0.487. The van der Waals surface area contributed by atoms with Crippen molar-refractivity contribution in [2.75, 3.05) is 18.0 Å². The quantitative estimate of drug-likeness (QED) is 0.914. The topological polar surface area (TPSA) is 53.9 Å². The van der Waals surface area contributed by atoms with Gasteiger partial charge in [0.15, 0.2) is 0 Å². The van der Waals surface area contributed by atoms with Crippen LogP contribution in [0, 0.1) is 0 Å². The van der Waals surface area contributed by atoms with E-state index in [0.29, 0.717) is 6.04 Å². The molecule has 1 N–H and O–H groups in total. The Hall–Kier alpha value is -2.01. The van der Waals surface area contributed by atoms with Crippen molar-refractivity contribution in [1.82, 2.24) is 20.3 Å². The fourth-order valence-corrected chi connectivity index (χ4v) is 2.54. The van der Waals surface area contributed by atoms with Crippen LogP contribution in [0.2, 0.25) is 0 Å². The Balaban J connectivity index is 1.56. The Kier molecular flexibility index (Phi) is 4.18. The van der Waals surface area contributed by atoms with Gasteiger partial charge in [0.1, 0.15) is 0 Å². The molecule has 3 rings (SSSR count). The molecule has 1 aliphatic heterocycles. The Morgan fingerprint density at radius 3 is 2.75 bits per heavy atom. The monoisotopic (exact) mass is 269 g/mol. The Bertz CT molecular complexity index is 516. The van der Waals surface area contributed by atoms with Gasteiger partial charge in [-0.2, -0.15) is 0 Å². The van der Waals surface area contributed by atoms with E-state index in [1.807, 2.05) is 30.6 Å². The van der Waals surface area contributed by atoms with Crippen LogP contribution in [0.5, 0.6) is 0 Å². The molecule has 0 amide bonds. The number of aromatic nitrogens is 3. The summed E-state index contributed by atoms with van der Waals surface area (Å²) in [6.07, 6.45) is 9.65. The van der Waals surface area contributed by atoms with Gasteiger partial charge < -0.3 is 10.2 Å². The molecule has 2 aromatic heterocycles. The highest BCUT2D eigenvalue weighted by molar-refractivity contribution is 5.29. The molecule has 0 bridgehead atoms. The molecule has 1 fully saturated rings. The van der Waals surface area contributed by atoms with Gasteiger partial charge in [-0.1, -0.05) is 0 Å². The normalized spacial score (nSPS) is 19.0. The van der Waals surface area contributed by atoms with Crippen molar-refractivity contribution in [3.05, 3.63) is 48.5 Å². The summed E-state index contributed by atoms with van der Waals surface area (Å²) in [7, 11) is 0. The highest BCUT2D eigenvalue weighted by Gasteiger charge is 2.20. The third-order valence-corrected chi connectivity index (χ3v) is 3.60. The maximum Gasteiger partial charge on any atom is 0.225 e. The number of pyridine rings is 1. The molecule has 0 saturated carbocycles. The summed E-state index contributed by atoms with van der Waals surface area (Å²) in [4.78, 5) is 15.0. The average molecular weight is 269 g/mol. The number of hydrogen-bond donors (Lipinski definition) is 1. The highest BCUT2D eigenvalue weighted by atomic mass is 15.3. The summed E-state index contributed by atoms with van der Waals surface area (Å²) in [6, 6.07) is 6.44. The van der Waals surface area contributed by atoms with E-state index in [1.165, 1.54) is 18.4 Å². The van der Waals surface area contributed by atoms with Gasteiger partial charge in [0.05, 0.1) is 0 Å². The van der Waals surface area contributed by atoms with E-state index in [-0.39, 0.29) is 0 Å². The summed E-state index contributed by atoms with van der Waals surface area (Å²) in [5.41, 5.74) is 1.27. The molecule has 3 heterocycles. The molecule has 0 aromatic carbocycles. The summed E-state index contributed by atoms with van der Waals surface area (Å²) in [5, 5.41) is 3.61. The number of piperidine rings is 1. The molecule has 5 heteroatoms. The standard InChI is InChI=1S/C15H19N5/c1-3-14(19-11-13-4-8-16-9-5-13)12-20(10-1)15-17-6-2-7-18-15/h2,4-9,14,19H,1,3,10-12H2. The minimum Gasteiger partial charge on any atom is -0.339 e. The number of anilines is 1. The number of rotatable bonds is 4. The first-order chi connectivity index (χ1) is 9.92. The third-order valence-electron chi connectivity index (χ3n) is 3.60. The molecule has 1 aliphatic rings. The smallest absolute Gasteiger partial charge is 0.225 e. The number of hydrogen-bond acceptors (Lipinski definition) is 5. The largest absolute Gasteiger partial charge is 0.339 e. The van der Waals surface area contributed by atoms with E-state index in [4.69, 9.17) is 0 Å². The van der Waals surface area contributed by atoms with Crippen LogP contribution < -0.4 is 10.2 Å². The lowest BCUT2D eigenvalue weighted by Crippen LogP contribution is -2.46. The number of nitrogens with one attached hydrogen (secondary N) is 1. The zero-order chi connectivity index (χ0) is 13.6. The van der Waals surface area contributed by atoms with E-state index in [2.05, 4.69) is 25.2 Å². The zero-order valence-corrected chi connectivity index (χ0v) is 11.4. The van der Waals surface area contributed by atoms with Crippen LogP contribution in [0.25, 0.3) is 0 Å². The van der Waals surface area contributed by atoms with Crippen LogP contribution in [-0.2, 0) is 6.54 Å². The van der Waals surface area contributed by atoms with Crippen molar-refractivity contribution >= 4 is 5.95 Å². The van der Waals surface area contributed by atoms with Crippen molar-refractivity contribution in [3.8, 4) is 0 Å². The summed E-state index contributed by atoms with van der Waals surface area (Å²) in [6.45, 7) is 2.89. The Labute approximate surface area is 119 Å². The van der Waals surface area contributed by atoms with E-state index < -0.39 is 0 Å². The van der Waals surface area contributed by atoms with Crippen LogP contribution >= 0.6 is 0 Å². The lowest BCUT2D eigenvalue weighted by molar-refractivity contribution is 0.418. The van der Waals surface area contributed by atoms with Crippen LogP contribution in [0.1, 0.15) is 18.4 Å². The molecule has 104 valence electrons. The Morgan fingerprint density at radius 2 is 1.95 bits per heavy atom. The average Bonchev–Trinajstić information content (AvgIpc) is 2.55. The van der Waals surface area contributed by atoms with Gasteiger partial charge in [0.25, 0.3) is 0 Å². The van der Waals surface area contributed by atoms with E-state index in [0.717, 1.165) is 25.6 Å². The molecular formula is C15H19N5. The van der Waals surface area contributed by atoms with Crippen molar-refractivity contribution in [3.63, 3.8) is 0 Å².